The lowest BCUT2D eigenvalue weighted by Gasteiger charge is -2.31. The van der Waals surface area contributed by atoms with Gasteiger partial charge in [0, 0.05) is 37.5 Å². The molecule has 4 rings (SSSR count). The van der Waals surface area contributed by atoms with E-state index in [9.17, 15) is 14.7 Å². The third kappa shape index (κ3) is 5.39. The fraction of sp³-hybridized carbons (Fsp3) is 0.333. The molecule has 0 aliphatic carbocycles. The molecule has 0 atom stereocenters. The monoisotopic (exact) mass is 506 g/mol. The molecule has 0 fully saturated rings. The van der Waals surface area contributed by atoms with Crippen molar-refractivity contribution in [1.82, 2.24) is 24.8 Å². The average Bonchev–Trinajstić information content (AvgIpc) is 3.23. The van der Waals surface area contributed by atoms with Crippen LogP contribution in [0.15, 0.2) is 42.6 Å². The third-order valence-corrected chi connectivity index (χ3v) is 6.47. The Hall–Kier alpha value is -4.05. The summed E-state index contributed by atoms with van der Waals surface area (Å²) >= 11 is 0. The van der Waals surface area contributed by atoms with Crippen molar-refractivity contribution < 1.29 is 19.1 Å². The van der Waals surface area contributed by atoms with E-state index in [1.807, 2.05) is 0 Å². The number of hydrazine groups is 1. The van der Waals surface area contributed by atoms with Crippen molar-refractivity contribution >= 4 is 39.4 Å². The number of nitrogens with two attached hydrogens (primary N) is 1. The molecule has 0 unspecified atom stereocenters. The number of carbonyl (C=O) groups excluding carboxylic acids is 2. The number of anilines is 1. The number of pyridine rings is 1. The first-order valence-electron chi connectivity index (χ1n) is 11.9. The van der Waals surface area contributed by atoms with Crippen molar-refractivity contribution in [3.63, 3.8) is 0 Å². The smallest absolute Gasteiger partial charge is 0.272 e. The van der Waals surface area contributed by atoms with Gasteiger partial charge in [0.25, 0.3) is 5.91 Å². The number of hydrogen-bond acceptors (Lipinski definition) is 6. The van der Waals surface area contributed by atoms with E-state index in [2.05, 4.69) is 10.1 Å². The highest BCUT2D eigenvalue weighted by atomic mass is 19.1. The van der Waals surface area contributed by atoms with Crippen LogP contribution in [-0.4, -0.2) is 54.4 Å². The van der Waals surface area contributed by atoms with E-state index >= 15 is 4.39 Å². The molecule has 0 saturated heterocycles. The molecular weight excluding hydrogens is 475 g/mol. The zero-order valence-electron chi connectivity index (χ0n) is 21.6. The van der Waals surface area contributed by atoms with Gasteiger partial charge in [-0.25, -0.2) is 14.4 Å². The summed E-state index contributed by atoms with van der Waals surface area (Å²) in [5.41, 5.74) is 7.85. The van der Waals surface area contributed by atoms with Gasteiger partial charge in [-0.3, -0.25) is 19.3 Å². The second-order valence-electron chi connectivity index (χ2n) is 9.90. The van der Waals surface area contributed by atoms with Gasteiger partial charge < -0.3 is 10.8 Å². The van der Waals surface area contributed by atoms with Gasteiger partial charge in [-0.15, -0.1) is 0 Å². The summed E-state index contributed by atoms with van der Waals surface area (Å²) in [5.74, 6) is -0.996. The number of aryl methyl sites for hydroxylation is 2. The molecule has 0 radical (unpaired) electrons. The fourth-order valence-electron chi connectivity index (χ4n) is 4.21. The summed E-state index contributed by atoms with van der Waals surface area (Å²) in [4.78, 5) is 30.3. The molecule has 4 aromatic rings. The van der Waals surface area contributed by atoms with Crippen molar-refractivity contribution in [3.8, 4) is 0 Å². The number of aliphatic hydroxyl groups is 1. The molecular formula is C27H31FN6O3. The maximum absolute atomic E-state index is 15.1. The van der Waals surface area contributed by atoms with E-state index in [-0.39, 0.29) is 18.0 Å². The molecule has 2 aromatic heterocycles. The van der Waals surface area contributed by atoms with Gasteiger partial charge in [-0.2, -0.15) is 5.10 Å². The fourth-order valence-corrected chi connectivity index (χ4v) is 4.21. The molecule has 0 spiro atoms. The molecule has 0 bridgehead atoms. The quantitative estimate of drug-likeness (QED) is 0.386. The normalized spacial score (nSPS) is 11.8. The lowest BCUT2D eigenvalue weighted by molar-refractivity contribution is -0.140. The van der Waals surface area contributed by atoms with Crippen LogP contribution in [0.5, 0.6) is 0 Å². The lowest BCUT2D eigenvalue weighted by atomic mass is 9.98. The van der Waals surface area contributed by atoms with Crippen LogP contribution in [0.4, 0.5) is 10.2 Å². The van der Waals surface area contributed by atoms with E-state index in [1.54, 1.807) is 62.1 Å². The first-order chi connectivity index (χ1) is 17.4. The van der Waals surface area contributed by atoms with Crippen molar-refractivity contribution in [3.05, 3.63) is 65.1 Å². The summed E-state index contributed by atoms with van der Waals surface area (Å²) in [5, 5.41) is 18.0. The minimum absolute atomic E-state index is 0.147. The maximum atomic E-state index is 15.1. The number of rotatable bonds is 6. The second-order valence-corrected chi connectivity index (χ2v) is 9.90. The van der Waals surface area contributed by atoms with Gasteiger partial charge in [0.1, 0.15) is 11.6 Å². The summed E-state index contributed by atoms with van der Waals surface area (Å²) in [6, 6.07) is 9.76. The summed E-state index contributed by atoms with van der Waals surface area (Å²) in [6.45, 7) is 4.60. The Morgan fingerprint density at radius 1 is 1.16 bits per heavy atom. The molecule has 0 saturated carbocycles. The molecule has 10 heteroatoms. The lowest BCUT2D eigenvalue weighted by Crippen LogP contribution is -2.46. The number of halogens is 1. The first kappa shape index (κ1) is 26.0. The van der Waals surface area contributed by atoms with Gasteiger partial charge >= 0.3 is 0 Å². The molecule has 9 nitrogen and oxygen atoms in total. The van der Waals surface area contributed by atoms with Crippen LogP contribution in [0, 0.1) is 5.82 Å². The van der Waals surface area contributed by atoms with Crippen LogP contribution >= 0.6 is 0 Å². The van der Waals surface area contributed by atoms with Crippen molar-refractivity contribution in [1.29, 1.82) is 0 Å². The van der Waals surface area contributed by atoms with Gasteiger partial charge in [-0.05, 0) is 56.5 Å². The Kier molecular flexibility index (Phi) is 6.88. The first-order valence-corrected chi connectivity index (χ1v) is 11.9. The third-order valence-electron chi connectivity index (χ3n) is 6.47. The minimum Gasteiger partial charge on any atom is -0.390 e. The van der Waals surface area contributed by atoms with E-state index in [0.29, 0.717) is 40.5 Å². The van der Waals surface area contributed by atoms with Crippen LogP contribution in [0.3, 0.4) is 0 Å². The highest BCUT2D eigenvalue weighted by molar-refractivity contribution is 6.10. The van der Waals surface area contributed by atoms with Crippen molar-refractivity contribution in [2.24, 2.45) is 7.05 Å². The van der Waals surface area contributed by atoms with E-state index in [1.165, 1.54) is 30.1 Å². The number of carbonyl (C=O) groups is 2. The summed E-state index contributed by atoms with van der Waals surface area (Å²) in [7, 11) is 3.25. The summed E-state index contributed by atoms with van der Waals surface area (Å²) < 4.78 is 16.7. The van der Waals surface area contributed by atoms with Crippen LogP contribution in [0.1, 0.15) is 48.7 Å². The Bertz CT molecular complexity index is 1510. The Morgan fingerprint density at radius 2 is 1.89 bits per heavy atom. The Labute approximate surface area is 214 Å². The molecule has 2 aromatic carbocycles. The van der Waals surface area contributed by atoms with Crippen LogP contribution < -0.4 is 5.73 Å². The summed E-state index contributed by atoms with van der Waals surface area (Å²) in [6.07, 6.45) is 2.61. The number of fused-ring (bicyclic) bond motifs is 3. The zero-order valence-corrected chi connectivity index (χ0v) is 21.6. The van der Waals surface area contributed by atoms with Crippen LogP contribution in [0.25, 0.3) is 21.8 Å². The number of aromatic nitrogens is 3. The van der Waals surface area contributed by atoms with E-state index in [0.717, 1.165) is 11.1 Å². The molecule has 3 N–H and O–H groups in total. The standard InChI is InChI=1S/C27H31FN6O3/c1-16(35)33(5)34(15-19-7-6-17(12-22(19)28)10-11-27(2,3)37)26(36)18-8-9-23-20(13-18)24-21(25(29)31-23)14-30-32(24)4/h6-9,12-14,37H,10-11,15H2,1-5H3,(H2,29,31). The largest absolute Gasteiger partial charge is 0.390 e. The number of nitrogen functional groups attached to an aromatic ring is 1. The van der Waals surface area contributed by atoms with Crippen LogP contribution in [0.2, 0.25) is 0 Å². The highest BCUT2D eigenvalue weighted by Gasteiger charge is 2.25. The molecule has 194 valence electrons. The van der Waals surface area contributed by atoms with Crippen LogP contribution in [-0.2, 0) is 24.8 Å². The second kappa shape index (κ2) is 9.78. The molecule has 37 heavy (non-hydrogen) atoms. The zero-order chi connectivity index (χ0) is 27.1. The molecule has 2 heterocycles. The minimum atomic E-state index is -0.856. The topological polar surface area (TPSA) is 118 Å². The van der Waals surface area contributed by atoms with Gasteiger partial charge in [0.15, 0.2) is 0 Å². The van der Waals surface area contributed by atoms with E-state index in [4.69, 9.17) is 5.73 Å². The van der Waals surface area contributed by atoms with E-state index < -0.39 is 17.3 Å². The highest BCUT2D eigenvalue weighted by Crippen LogP contribution is 2.29. The van der Waals surface area contributed by atoms with Gasteiger partial charge in [-0.1, -0.05) is 12.1 Å². The molecule has 0 aliphatic rings. The van der Waals surface area contributed by atoms with Gasteiger partial charge in [0.05, 0.1) is 34.8 Å². The number of benzene rings is 2. The van der Waals surface area contributed by atoms with Crippen molar-refractivity contribution in [2.45, 2.75) is 45.8 Å². The SMILES string of the molecule is CC(=O)N(C)N(Cc1ccc(CCC(C)(C)O)cc1F)C(=O)c1ccc2nc(N)c3cnn(C)c3c2c1. The average molecular weight is 507 g/mol. The Morgan fingerprint density at radius 3 is 2.54 bits per heavy atom. The predicted molar refractivity (Wildman–Crippen MR) is 140 cm³/mol. The molecule has 0 aliphatic heterocycles. The number of hydrogen-bond donors (Lipinski definition) is 2. The van der Waals surface area contributed by atoms with Gasteiger partial charge in [0.2, 0.25) is 5.91 Å². The van der Waals surface area contributed by atoms with Crippen molar-refractivity contribution in [2.75, 3.05) is 12.8 Å². The number of amides is 2. The predicted octanol–water partition coefficient (Wildman–Crippen LogP) is 3.58. The Balaban J connectivity index is 1.69. The number of nitrogens with zero attached hydrogens (tertiary/aromatic N) is 5. The molecule has 2 amide bonds. The maximum Gasteiger partial charge on any atom is 0.272 e.